The van der Waals surface area contributed by atoms with Gasteiger partial charge in [-0.1, -0.05) is 78.7 Å². The lowest BCUT2D eigenvalue weighted by molar-refractivity contribution is -0.129. The summed E-state index contributed by atoms with van der Waals surface area (Å²) in [5, 5.41) is 22.0. The lowest BCUT2D eigenvalue weighted by atomic mass is 9.91. The summed E-state index contributed by atoms with van der Waals surface area (Å²) in [5.74, 6) is -0.00654. The highest BCUT2D eigenvalue weighted by Crippen LogP contribution is 2.41. The van der Waals surface area contributed by atoms with Crippen LogP contribution in [0.5, 0.6) is 5.75 Å². The second kappa shape index (κ2) is 13.0. The zero-order chi connectivity index (χ0) is 30.0. The van der Waals surface area contributed by atoms with Gasteiger partial charge < -0.3 is 25.3 Å². The number of hydrogen-bond acceptors (Lipinski definition) is 6. The summed E-state index contributed by atoms with van der Waals surface area (Å²) in [7, 11) is 0. The second-order valence-corrected chi connectivity index (χ2v) is 11.9. The Balaban J connectivity index is 1.49. The van der Waals surface area contributed by atoms with E-state index in [1.54, 1.807) is 30.3 Å². The zero-order valence-electron chi connectivity index (χ0n) is 22.3. The number of H-pyrrole nitrogens is 1. The highest BCUT2D eigenvalue weighted by Gasteiger charge is 2.46. The molecule has 9 nitrogen and oxygen atoms in total. The number of aliphatic hydroxyl groups is 2. The second-order valence-electron chi connectivity index (χ2n) is 9.86. The number of rotatable bonds is 10. The van der Waals surface area contributed by atoms with E-state index in [1.807, 2.05) is 49.4 Å². The van der Waals surface area contributed by atoms with Crippen LogP contribution < -0.4 is 10.1 Å². The normalized spacial score (nSPS) is 17.2. The van der Waals surface area contributed by atoms with Gasteiger partial charge in [0, 0.05) is 15.1 Å². The van der Waals surface area contributed by atoms with Gasteiger partial charge in [0.1, 0.15) is 47.2 Å². The number of nitrogens with one attached hydrogen (secondary N) is 2. The van der Waals surface area contributed by atoms with Gasteiger partial charge in [-0.05, 0) is 58.0 Å². The van der Waals surface area contributed by atoms with Crippen molar-refractivity contribution in [1.82, 2.24) is 20.2 Å². The minimum atomic E-state index is -1.00. The molecule has 12 heteroatoms. The molecular formula is C30H27Cl2IN4O5. The number of amides is 3. The van der Waals surface area contributed by atoms with Gasteiger partial charge >= 0.3 is 6.03 Å². The van der Waals surface area contributed by atoms with Crippen LogP contribution >= 0.6 is 45.8 Å². The predicted molar refractivity (Wildman–Crippen MR) is 168 cm³/mol. The van der Waals surface area contributed by atoms with E-state index in [1.165, 1.54) is 4.90 Å². The number of benzene rings is 3. The fourth-order valence-electron chi connectivity index (χ4n) is 4.88. The lowest BCUT2D eigenvalue weighted by Crippen LogP contribution is -2.38. The maximum atomic E-state index is 13.9. The molecule has 42 heavy (non-hydrogen) atoms. The molecule has 3 aromatic carbocycles. The van der Waals surface area contributed by atoms with Crippen LogP contribution in [0.1, 0.15) is 41.9 Å². The van der Waals surface area contributed by atoms with Crippen molar-refractivity contribution in [3.63, 3.8) is 0 Å². The van der Waals surface area contributed by atoms with E-state index >= 15 is 0 Å². The zero-order valence-corrected chi connectivity index (χ0v) is 26.0. The van der Waals surface area contributed by atoms with Gasteiger partial charge in [-0.15, -0.1) is 0 Å². The topological polar surface area (TPSA) is 128 Å². The van der Waals surface area contributed by atoms with Crippen molar-refractivity contribution in [2.45, 2.75) is 31.0 Å². The highest BCUT2D eigenvalue weighted by molar-refractivity contribution is 14.1. The number of aromatic nitrogens is 2. The molecule has 0 spiro atoms. The van der Waals surface area contributed by atoms with Crippen LogP contribution in [0.2, 0.25) is 10.2 Å². The van der Waals surface area contributed by atoms with Crippen LogP contribution in [0.25, 0.3) is 11.3 Å². The summed E-state index contributed by atoms with van der Waals surface area (Å²) < 4.78 is 6.41. The summed E-state index contributed by atoms with van der Waals surface area (Å²) in [6.45, 7) is 1.43. The quantitative estimate of drug-likeness (QED) is 0.120. The van der Waals surface area contributed by atoms with E-state index in [0.717, 1.165) is 9.13 Å². The van der Waals surface area contributed by atoms with Gasteiger partial charge in [-0.3, -0.25) is 9.69 Å². The van der Waals surface area contributed by atoms with Crippen molar-refractivity contribution >= 4 is 57.7 Å². The minimum absolute atomic E-state index is 0.0805. The van der Waals surface area contributed by atoms with Gasteiger partial charge in [-0.25, -0.2) is 9.78 Å². The van der Waals surface area contributed by atoms with Gasteiger partial charge in [0.25, 0.3) is 5.91 Å². The molecule has 1 fully saturated rings. The molecule has 1 aliphatic rings. The SMILES string of the molecule is C[C@@H](c1ccccc1)[C@@H](c1nc(-c2ccc(I)cc2Cl)c(Cl)[nH]1)N1C(=O)NC(c2ccc(OC[C@@H](O)CO)cc2)C1=O. The number of nitrogens with zero attached hydrogens (tertiary/aromatic N) is 2. The number of halogens is 3. The molecule has 0 saturated carbocycles. The summed E-state index contributed by atoms with van der Waals surface area (Å²) in [4.78, 5) is 36.5. The molecule has 218 valence electrons. The molecule has 0 bridgehead atoms. The fourth-order valence-corrected chi connectivity index (χ4v) is 6.06. The van der Waals surface area contributed by atoms with Gasteiger partial charge in [-0.2, -0.15) is 0 Å². The summed E-state index contributed by atoms with van der Waals surface area (Å²) in [6, 6.07) is 19.4. The molecule has 1 unspecified atom stereocenters. The van der Waals surface area contributed by atoms with Crippen LogP contribution in [0.3, 0.4) is 0 Å². The molecule has 3 amide bonds. The molecule has 1 saturated heterocycles. The Kier molecular flexibility index (Phi) is 9.38. The largest absolute Gasteiger partial charge is 0.491 e. The van der Waals surface area contributed by atoms with Crippen molar-refractivity contribution in [2.24, 2.45) is 0 Å². The third-order valence-electron chi connectivity index (χ3n) is 7.06. The van der Waals surface area contributed by atoms with E-state index in [2.05, 4.69) is 32.9 Å². The third kappa shape index (κ3) is 6.28. The maximum Gasteiger partial charge on any atom is 0.325 e. The number of carbonyl (C=O) groups is 2. The Morgan fingerprint density at radius 2 is 1.79 bits per heavy atom. The van der Waals surface area contributed by atoms with Crippen molar-refractivity contribution < 1.29 is 24.5 Å². The van der Waals surface area contributed by atoms with Crippen LogP contribution in [-0.4, -0.2) is 56.3 Å². The monoisotopic (exact) mass is 720 g/mol. The van der Waals surface area contributed by atoms with E-state index in [9.17, 15) is 14.7 Å². The lowest BCUT2D eigenvalue weighted by Gasteiger charge is -2.29. The molecule has 0 aliphatic carbocycles. The molecule has 4 N–H and O–H groups in total. The molecule has 2 heterocycles. The van der Waals surface area contributed by atoms with E-state index < -0.39 is 36.7 Å². The van der Waals surface area contributed by atoms with Gasteiger partial charge in [0.15, 0.2) is 0 Å². The van der Waals surface area contributed by atoms with Crippen LogP contribution in [0.15, 0.2) is 72.8 Å². The number of imide groups is 1. The Bertz CT molecular complexity index is 1580. The first-order valence-electron chi connectivity index (χ1n) is 13.1. The molecule has 1 aliphatic heterocycles. The minimum Gasteiger partial charge on any atom is -0.491 e. The Morgan fingerprint density at radius 3 is 2.45 bits per heavy atom. The first kappa shape index (κ1) is 30.3. The number of hydrogen-bond donors (Lipinski definition) is 4. The third-order valence-corrected chi connectivity index (χ3v) is 8.32. The van der Waals surface area contributed by atoms with Gasteiger partial charge in [0.05, 0.1) is 11.6 Å². The molecule has 5 rings (SSSR count). The number of aromatic amines is 1. The molecule has 0 radical (unpaired) electrons. The predicted octanol–water partition coefficient (Wildman–Crippen LogP) is 5.86. The summed E-state index contributed by atoms with van der Waals surface area (Å²) in [6.07, 6.45) is -1.00. The standard InChI is InChI=1S/C30H27Cl2IN4O5/c1-16(17-5-3-2-4-6-17)26(28-34-25(27(32)36-28)22-12-9-19(33)13-23(22)31)37-29(40)24(35-30(37)41)18-7-10-21(11-8-18)42-15-20(39)14-38/h2-13,16,20,24,26,38-39H,14-15H2,1H3,(H,34,36)(H,35,41)/t16-,20-,24?,26-/m0/s1. The van der Waals surface area contributed by atoms with E-state index in [4.69, 9.17) is 38.0 Å². The van der Waals surface area contributed by atoms with Crippen molar-refractivity contribution in [3.05, 3.63) is 103 Å². The van der Waals surface area contributed by atoms with Crippen molar-refractivity contribution in [1.29, 1.82) is 0 Å². The Hall–Kier alpha value is -3.16. The van der Waals surface area contributed by atoms with Crippen LogP contribution in [0.4, 0.5) is 4.79 Å². The van der Waals surface area contributed by atoms with E-state index in [0.29, 0.717) is 33.4 Å². The Morgan fingerprint density at radius 1 is 1.07 bits per heavy atom. The maximum absolute atomic E-state index is 13.9. The first-order valence-corrected chi connectivity index (χ1v) is 14.9. The summed E-state index contributed by atoms with van der Waals surface area (Å²) >= 11 is 15.3. The first-order chi connectivity index (χ1) is 20.2. The number of carbonyl (C=O) groups excluding carboxylic acids is 2. The molecule has 4 aromatic rings. The molecule has 1 aromatic heterocycles. The number of urea groups is 1. The fraction of sp³-hybridized carbons (Fsp3) is 0.233. The van der Waals surface area contributed by atoms with Crippen LogP contribution in [0, 0.1) is 3.57 Å². The smallest absolute Gasteiger partial charge is 0.325 e. The average Bonchev–Trinajstić information content (AvgIpc) is 3.51. The van der Waals surface area contributed by atoms with E-state index in [-0.39, 0.29) is 17.7 Å². The number of aliphatic hydroxyl groups excluding tert-OH is 2. The molecule has 4 atom stereocenters. The van der Waals surface area contributed by atoms with Gasteiger partial charge in [0.2, 0.25) is 0 Å². The number of imidazole rings is 1. The van der Waals surface area contributed by atoms with Crippen molar-refractivity contribution in [3.8, 4) is 17.0 Å². The highest BCUT2D eigenvalue weighted by atomic mass is 127. The summed E-state index contributed by atoms with van der Waals surface area (Å²) in [5.41, 5.74) is 2.50. The van der Waals surface area contributed by atoms with Crippen LogP contribution in [-0.2, 0) is 4.79 Å². The van der Waals surface area contributed by atoms with Crippen molar-refractivity contribution in [2.75, 3.05) is 13.2 Å². The number of ether oxygens (including phenoxy) is 1. The molecular weight excluding hydrogens is 694 g/mol. The Labute approximate surface area is 266 Å². The average molecular weight is 721 g/mol.